The van der Waals surface area contributed by atoms with E-state index in [1.165, 1.54) is 4.31 Å². The molecule has 0 spiro atoms. The third-order valence-electron chi connectivity index (χ3n) is 5.41. The van der Waals surface area contributed by atoms with Crippen LogP contribution in [0.1, 0.15) is 25.1 Å². The Morgan fingerprint density at radius 1 is 1.10 bits per heavy atom. The molecule has 1 aromatic heterocycles. The first-order valence-electron chi connectivity index (χ1n) is 9.73. The molecule has 0 saturated carbocycles. The second kappa shape index (κ2) is 7.96. The van der Waals surface area contributed by atoms with Gasteiger partial charge in [0.2, 0.25) is 15.9 Å². The minimum atomic E-state index is -3.72. The molecular weight excluding hydrogens is 388 g/mol. The molecule has 1 N–H and O–H groups in total. The van der Waals surface area contributed by atoms with Crippen LogP contribution in [-0.2, 0) is 28.4 Å². The van der Waals surface area contributed by atoms with Crippen molar-refractivity contribution in [2.24, 2.45) is 7.05 Å². The lowest BCUT2D eigenvalue weighted by Gasteiger charge is -2.33. The van der Waals surface area contributed by atoms with Gasteiger partial charge >= 0.3 is 0 Å². The predicted molar refractivity (Wildman–Crippen MR) is 111 cm³/mol. The first kappa shape index (κ1) is 19.6. The van der Waals surface area contributed by atoms with Crippen LogP contribution in [0.5, 0.6) is 0 Å². The Labute approximate surface area is 170 Å². The molecule has 1 amide bonds. The molecular formula is C21H24N4O3S. The number of benzene rings is 2. The van der Waals surface area contributed by atoms with E-state index in [0.29, 0.717) is 13.0 Å². The summed E-state index contributed by atoms with van der Waals surface area (Å²) in [5.74, 6) is 0.448. The smallest absolute Gasteiger partial charge is 0.243 e. The Hall–Kier alpha value is -2.71. The highest BCUT2D eigenvalue weighted by molar-refractivity contribution is 7.89. The van der Waals surface area contributed by atoms with Crippen LogP contribution in [0.15, 0.2) is 59.5 Å². The van der Waals surface area contributed by atoms with Gasteiger partial charge in [-0.1, -0.05) is 36.8 Å². The molecule has 8 heteroatoms. The SMILES string of the molecule is Cn1c(CNC(=O)C2CCCCN2S(=O)(=O)c2ccccc2)nc2ccccc21. The maximum Gasteiger partial charge on any atom is 0.243 e. The fourth-order valence-corrected chi connectivity index (χ4v) is 5.50. The minimum absolute atomic E-state index is 0.218. The van der Waals surface area contributed by atoms with Crippen molar-refractivity contribution in [1.82, 2.24) is 19.2 Å². The van der Waals surface area contributed by atoms with Crippen molar-refractivity contribution in [3.05, 3.63) is 60.4 Å². The first-order valence-corrected chi connectivity index (χ1v) is 11.2. The molecule has 1 aliphatic heterocycles. The van der Waals surface area contributed by atoms with E-state index in [4.69, 9.17) is 0 Å². The van der Waals surface area contributed by atoms with Crippen LogP contribution >= 0.6 is 0 Å². The Morgan fingerprint density at radius 2 is 1.83 bits per heavy atom. The zero-order valence-corrected chi connectivity index (χ0v) is 17.1. The fraction of sp³-hybridized carbons (Fsp3) is 0.333. The minimum Gasteiger partial charge on any atom is -0.347 e. The van der Waals surface area contributed by atoms with Crippen molar-refractivity contribution >= 4 is 27.0 Å². The van der Waals surface area contributed by atoms with Crippen molar-refractivity contribution in [1.29, 1.82) is 0 Å². The zero-order valence-electron chi connectivity index (χ0n) is 16.3. The molecule has 0 radical (unpaired) electrons. The number of imidazole rings is 1. The van der Waals surface area contributed by atoms with Crippen LogP contribution < -0.4 is 5.32 Å². The topological polar surface area (TPSA) is 84.3 Å². The number of aromatic nitrogens is 2. The number of aryl methyl sites for hydroxylation is 1. The van der Waals surface area contributed by atoms with Gasteiger partial charge in [0.1, 0.15) is 11.9 Å². The summed E-state index contributed by atoms with van der Waals surface area (Å²) in [5.41, 5.74) is 1.85. The lowest BCUT2D eigenvalue weighted by molar-refractivity contribution is -0.125. The molecule has 29 heavy (non-hydrogen) atoms. The summed E-state index contributed by atoms with van der Waals surface area (Å²) in [6.45, 7) is 0.599. The van der Waals surface area contributed by atoms with E-state index in [-0.39, 0.29) is 17.3 Å². The normalized spacial score (nSPS) is 18.0. The maximum absolute atomic E-state index is 13.1. The van der Waals surface area contributed by atoms with Gasteiger partial charge in [0.25, 0.3) is 0 Å². The molecule has 0 bridgehead atoms. The number of hydrogen-bond donors (Lipinski definition) is 1. The summed E-state index contributed by atoms with van der Waals surface area (Å²) in [5, 5.41) is 2.90. The average molecular weight is 413 g/mol. The van der Waals surface area contributed by atoms with E-state index < -0.39 is 16.1 Å². The summed E-state index contributed by atoms with van der Waals surface area (Å²) in [7, 11) is -1.81. The lowest BCUT2D eigenvalue weighted by Crippen LogP contribution is -2.51. The second-order valence-corrected chi connectivity index (χ2v) is 9.12. The van der Waals surface area contributed by atoms with E-state index in [1.54, 1.807) is 30.3 Å². The van der Waals surface area contributed by atoms with Crippen LogP contribution in [0, 0.1) is 0 Å². The number of nitrogens with one attached hydrogen (secondary N) is 1. The molecule has 1 atom stereocenters. The summed E-state index contributed by atoms with van der Waals surface area (Å²) >= 11 is 0. The highest BCUT2D eigenvalue weighted by Gasteiger charge is 2.37. The summed E-state index contributed by atoms with van der Waals surface area (Å²) in [6, 6.07) is 15.4. The molecule has 1 saturated heterocycles. The summed E-state index contributed by atoms with van der Waals surface area (Å²) in [4.78, 5) is 17.7. The zero-order chi connectivity index (χ0) is 20.4. The number of para-hydroxylation sites is 2. The predicted octanol–water partition coefficient (Wildman–Crippen LogP) is 2.43. The lowest BCUT2D eigenvalue weighted by atomic mass is 10.0. The van der Waals surface area contributed by atoms with Gasteiger partial charge in [-0.3, -0.25) is 4.79 Å². The molecule has 1 unspecified atom stereocenters. The highest BCUT2D eigenvalue weighted by atomic mass is 32.2. The van der Waals surface area contributed by atoms with E-state index in [9.17, 15) is 13.2 Å². The van der Waals surface area contributed by atoms with Crippen LogP contribution in [0.3, 0.4) is 0 Å². The van der Waals surface area contributed by atoms with Crippen LogP contribution in [0.2, 0.25) is 0 Å². The van der Waals surface area contributed by atoms with E-state index in [0.717, 1.165) is 29.7 Å². The average Bonchev–Trinajstić information content (AvgIpc) is 3.08. The van der Waals surface area contributed by atoms with Gasteiger partial charge in [0, 0.05) is 13.6 Å². The van der Waals surface area contributed by atoms with Gasteiger partial charge in [-0.2, -0.15) is 4.31 Å². The summed E-state index contributed by atoms with van der Waals surface area (Å²) in [6.07, 6.45) is 2.09. The number of carbonyl (C=O) groups is 1. The van der Waals surface area contributed by atoms with Gasteiger partial charge < -0.3 is 9.88 Å². The Balaban J connectivity index is 1.52. The molecule has 4 rings (SSSR count). The molecule has 2 heterocycles. The van der Waals surface area contributed by atoms with Crippen LogP contribution in [0.25, 0.3) is 11.0 Å². The summed E-state index contributed by atoms with van der Waals surface area (Å²) < 4.78 is 29.4. The number of piperidine rings is 1. The van der Waals surface area contributed by atoms with Gasteiger partial charge in [0.15, 0.2) is 0 Å². The number of carbonyl (C=O) groups excluding carboxylic acids is 1. The van der Waals surface area contributed by atoms with Crippen LogP contribution in [-0.4, -0.2) is 40.8 Å². The van der Waals surface area contributed by atoms with Crippen molar-refractivity contribution in [2.75, 3.05) is 6.54 Å². The van der Waals surface area contributed by atoms with Gasteiger partial charge in [0.05, 0.1) is 22.5 Å². The largest absolute Gasteiger partial charge is 0.347 e. The number of amides is 1. The van der Waals surface area contributed by atoms with Crippen molar-refractivity contribution < 1.29 is 13.2 Å². The van der Waals surface area contributed by atoms with Crippen molar-refractivity contribution in [3.8, 4) is 0 Å². The fourth-order valence-electron chi connectivity index (χ4n) is 3.82. The highest BCUT2D eigenvalue weighted by Crippen LogP contribution is 2.25. The third-order valence-corrected chi connectivity index (χ3v) is 7.33. The molecule has 7 nitrogen and oxygen atoms in total. The Kier molecular flexibility index (Phi) is 5.38. The number of fused-ring (bicyclic) bond motifs is 1. The monoisotopic (exact) mass is 412 g/mol. The van der Waals surface area contributed by atoms with Crippen molar-refractivity contribution in [2.45, 2.75) is 36.7 Å². The van der Waals surface area contributed by atoms with E-state index in [2.05, 4.69) is 10.3 Å². The van der Waals surface area contributed by atoms with Crippen molar-refractivity contribution in [3.63, 3.8) is 0 Å². The molecule has 0 aliphatic carbocycles. The first-order chi connectivity index (χ1) is 14.0. The Morgan fingerprint density at radius 3 is 2.59 bits per heavy atom. The molecule has 3 aromatic rings. The molecule has 152 valence electrons. The van der Waals surface area contributed by atoms with E-state index >= 15 is 0 Å². The van der Waals surface area contributed by atoms with Gasteiger partial charge in [-0.05, 0) is 37.1 Å². The molecule has 1 aliphatic rings. The second-order valence-electron chi connectivity index (χ2n) is 7.23. The number of rotatable bonds is 5. The molecule has 1 fully saturated rings. The molecule has 2 aromatic carbocycles. The number of hydrogen-bond acceptors (Lipinski definition) is 4. The Bertz CT molecular complexity index is 1130. The number of nitrogens with zero attached hydrogens (tertiary/aromatic N) is 3. The van der Waals surface area contributed by atoms with Gasteiger partial charge in [-0.15, -0.1) is 0 Å². The number of sulfonamides is 1. The van der Waals surface area contributed by atoms with E-state index in [1.807, 2.05) is 35.9 Å². The third kappa shape index (κ3) is 3.77. The quantitative estimate of drug-likeness (QED) is 0.698. The standard InChI is InChI=1S/C21H24N4O3S/c1-24-18-12-6-5-11-17(18)23-20(24)15-22-21(26)19-13-7-8-14-25(19)29(27,28)16-9-3-2-4-10-16/h2-6,9-12,19H,7-8,13-15H2,1H3,(H,22,26). The van der Waals surface area contributed by atoms with Gasteiger partial charge in [-0.25, -0.2) is 13.4 Å². The maximum atomic E-state index is 13.1. The van der Waals surface area contributed by atoms with Crippen LogP contribution in [0.4, 0.5) is 0 Å².